The Hall–Kier alpha value is -0.650. The number of quaternary nitrogens is 1. The number of unbranched alkanes of at least 4 members (excludes halogenated alkanes) is 9. The van der Waals surface area contributed by atoms with Crippen molar-refractivity contribution in [2.24, 2.45) is 0 Å². The summed E-state index contributed by atoms with van der Waals surface area (Å²) >= 11 is 0. The number of carboxylic acids is 1. The highest BCUT2D eigenvalue weighted by molar-refractivity contribution is 5.73. The highest BCUT2D eigenvalue weighted by Gasteiger charge is 2.20. The Labute approximate surface area is 155 Å². The number of carboxylic acid groups (broad SMARTS) is 1. The lowest BCUT2D eigenvalue weighted by Gasteiger charge is -2.27. The standard InChI is InChI=1S/C20H42N2O3/c1-5-6-7-8-9-10-11-12-13-14-15-19(20(24)25)21-16-18(23)17-22(2,3)4/h18-19,21,23H,5-17H2,1-4H3/p+1. The van der Waals surface area contributed by atoms with Crippen LogP contribution >= 0.6 is 0 Å². The molecule has 0 saturated carbocycles. The molecule has 0 fully saturated rings. The van der Waals surface area contributed by atoms with Crippen LogP contribution in [-0.2, 0) is 4.79 Å². The molecule has 0 aromatic heterocycles. The van der Waals surface area contributed by atoms with Crippen molar-refractivity contribution in [1.29, 1.82) is 0 Å². The third-order valence-corrected chi connectivity index (χ3v) is 4.50. The number of nitrogens with one attached hydrogen (secondary N) is 1. The van der Waals surface area contributed by atoms with E-state index in [2.05, 4.69) is 12.2 Å². The Morgan fingerprint density at radius 3 is 1.84 bits per heavy atom. The monoisotopic (exact) mass is 359 g/mol. The molecule has 3 N–H and O–H groups in total. The molecule has 0 aliphatic heterocycles. The molecule has 0 bridgehead atoms. The number of carbonyl (C=O) groups is 1. The molecule has 0 rings (SSSR count). The van der Waals surface area contributed by atoms with Crippen LogP contribution in [0.5, 0.6) is 0 Å². The highest BCUT2D eigenvalue weighted by atomic mass is 16.4. The molecule has 5 nitrogen and oxygen atoms in total. The van der Waals surface area contributed by atoms with Crippen LogP contribution in [0.4, 0.5) is 0 Å². The van der Waals surface area contributed by atoms with Gasteiger partial charge in [0.25, 0.3) is 0 Å². The van der Waals surface area contributed by atoms with Crippen LogP contribution in [0.15, 0.2) is 0 Å². The summed E-state index contributed by atoms with van der Waals surface area (Å²) in [5, 5.41) is 22.3. The van der Waals surface area contributed by atoms with Crippen LogP contribution in [0.2, 0.25) is 0 Å². The van der Waals surface area contributed by atoms with Gasteiger partial charge in [-0.15, -0.1) is 0 Å². The summed E-state index contributed by atoms with van der Waals surface area (Å²) in [4.78, 5) is 11.3. The first-order valence-corrected chi connectivity index (χ1v) is 10.2. The second-order valence-electron chi connectivity index (χ2n) is 8.40. The van der Waals surface area contributed by atoms with Crippen molar-refractivity contribution in [3.8, 4) is 0 Å². The molecule has 150 valence electrons. The predicted molar refractivity (Wildman–Crippen MR) is 105 cm³/mol. The molecule has 0 heterocycles. The maximum absolute atomic E-state index is 11.3. The second kappa shape index (κ2) is 14.5. The van der Waals surface area contributed by atoms with Gasteiger partial charge in [0.05, 0.1) is 21.1 Å². The van der Waals surface area contributed by atoms with Gasteiger partial charge in [-0.25, -0.2) is 0 Å². The summed E-state index contributed by atoms with van der Waals surface area (Å²) < 4.78 is 0.666. The topological polar surface area (TPSA) is 69.6 Å². The molecule has 2 unspecified atom stereocenters. The quantitative estimate of drug-likeness (QED) is 0.275. The van der Waals surface area contributed by atoms with Gasteiger partial charge >= 0.3 is 5.97 Å². The summed E-state index contributed by atoms with van der Waals surface area (Å²) in [6.45, 7) is 3.19. The average molecular weight is 360 g/mol. The number of hydrogen-bond acceptors (Lipinski definition) is 3. The van der Waals surface area contributed by atoms with E-state index >= 15 is 0 Å². The highest BCUT2D eigenvalue weighted by Crippen LogP contribution is 2.12. The largest absolute Gasteiger partial charge is 0.480 e. The number of aliphatic hydroxyl groups is 1. The number of likely N-dealkylation sites (N-methyl/N-ethyl adjacent to an activating group) is 1. The molecule has 0 amide bonds. The minimum Gasteiger partial charge on any atom is -0.480 e. The molecular weight excluding hydrogens is 316 g/mol. The number of hydrogen-bond donors (Lipinski definition) is 3. The summed E-state index contributed by atoms with van der Waals surface area (Å²) in [6, 6.07) is -0.545. The van der Waals surface area contributed by atoms with E-state index in [-0.39, 0.29) is 0 Å². The average Bonchev–Trinajstić information content (AvgIpc) is 2.49. The third kappa shape index (κ3) is 16.6. The Morgan fingerprint density at radius 2 is 1.40 bits per heavy atom. The van der Waals surface area contributed by atoms with Gasteiger partial charge in [0.2, 0.25) is 0 Å². The van der Waals surface area contributed by atoms with Gasteiger partial charge in [0.1, 0.15) is 18.7 Å². The van der Waals surface area contributed by atoms with E-state index in [0.717, 1.165) is 12.8 Å². The molecule has 0 aliphatic rings. The Balaban J connectivity index is 3.72. The van der Waals surface area contributed by atoms with Crippen LogP contribution in [0, 0.1) is 0 Å². The van der Waals surface area contributed by atoms with E-state index in [4.69, 9.17) is 0 Å². The summed E-state index contributed by atoms with van der Waals surface area (Å²) in [5.41, 5.74) is 0. The molecular formula is C20H43N2O3+. The first-order valence-electron chi connectivity index (χ1n) is 10.2. The number of nitrogens with zero attached hydrogens (tertiary/aromatic N) is 1. The molecule has 0 aromatic rings. The van der Waals surface area contributed by atoms with Crippen LogP contribution in [0.25, 0.3) is 0 Å². The zero-order valence-corrected chi connectivity index (χ0v) is 17.1. The number of aliphatic carboxylic acids is 1. The molecule has 0 spiro atoms. The van der Waals surface area contributed by atoms with Gasteiger partial charge in [0, 0.05) is 6.54 Å². The molecule has 0 aliphatic carbocycles. The van der Waals surface area contributed by atoms with E-state index < -0.39 is 18.1 Å². The Morgan fingerprint density at radius 1 is 0.920 bits per heavy atom. The Kier molecular flexibility index (Phi) is 14.1. The van der Waals surface area contributed by atoms with Crippen molar-refractivity contribution in [3.05, 3.63) is 0 Å². The fraction of sp³-hybridized carbons (Fsp3) is 0.950. The van der Waals surface area contributed by atoms with Crippen LogP contribution in [0.3, 0.4) is 0 Å². The summed E-state index contributed by atoms with van der Waals surface area (Å²) in [5.74, 6) is -0.812. The SMILES string of the molecule is CCCCCCCCCCCCC(NCC(O)C[N+](C)(C)C)C(=O)O. The van der Waals surface area contributed by atoms with E-state index in [0.29, 0.717) is 24.0 Å². The van der Waals surface area contributed by atoms with E-state index in [9.17, 15) is 15.0 Å². The maximum atomic E-state index is 11.3. The lowest BCUT2D eigenvalue weighted by molar-refractivity contribution is -0.873. The van der Waals surface area contributed by atoms with Gasteiger partial charge in [-0.05, 0) is 6.42 Å². The minimum atomic E-state index is -0.812. The molecule has 2 atom stereocenters. The lowest BCUT2D eigenvalue weighted by Crippen LogP contribution is -2.48. The van der Waals surface area contributed by atoms with Gasteiger partial charge in [-0.3, -0.25) is 4.79 Å². The summed E-state index contributed by atoms with van der Waals surface area (Å²) in [7, 11) is 6.05. The van der Waals surface area contributed by atoms with Crippen molar-refractivity contribution in [2.75, 3.05) is 34.2 Å². The van der Waals surface area contributed by atoms with Crippen molar-refractivity contribution in [1.82, 2.24) is 5.32 Å². The van der Waals surface area contributed by atoms with Gasteiger partial charge in [0.15, 0.2) is 0 Å². The Bertz CT molecular complexity index is 329. The zero-order valence-electron chi connectivity index (χ0n) is 17.1. The molecule has 0 aromatic carbocycles. The summed E-state index contributed by atoms with van der Waals surface area (Å²) in [6.07, 6.45) is 12.6. The second-order valence-corrected chi connectivity index (χ2v) is 8.40. The van der Waals surface area contributed by atoms with Gasteiger partial charge < -0.3 is 20.0 Å². The third-order valence-electron chi connectivity index (χ3n) is 4.50. The fourth-order valence-corrected chi connectivity index (χ4v) is 3.12. The normalized spacial score (nSPS) is 14.4. The zero-order chi connectivity index (χ0) is 19.1. The van der Waals surface area contributed by atoms with E-state index in [1.165, 1.54) is 51.4 Å². The first kappa shape index (κ1) is 24.4. The molecule has 5 heteroatoms. The van der Waals surface area contributed by atoms with Crippen LogP contribution < -0.4 is 5.32 Å². The van der Waals surface area contributed by atoms with Gasteiger partial charge in [-0.1, -0.05) is 71.1 Å². The van der Waals surface area contributed by atoms with Crippen LogP contribution in [-0.4, -0.2) is 67.0 Å². The maximum Gasteiger partial charge on any atom is 0.320 e. The fourth-order valence-electron chi connectivity index (χ4n) is 3.12. The smallest absolute Gasteiger partial charge is 0.320 e. The molecule has 0 saturated heterocycles. The van der Waals surface area contributed by atoms with Crippen molar-refractivity contribution >= 4 is 5.97 Å². The molecule has 0 radical (unpaired) electrons. The minimum absolute atomic E-state index is 0.338. The van der Waals surface area contributed by atoms with Crippen molar-refractivity contribution < 1.29 is 19.5 Å². The number of rotatable bonds is 17. The van der Waals surface area contributed by atoms with Gasteiger partial charge in [-0.2, -0.15) is 0 Å². The van der Waals surface area contributed by atoms with E-state index in [1.54, 1.807) is 0 Å². The number of aliphatic hydroxyl groups excluding tert-OH is 1. The lowest BCUT2D eigenvalue weighted by atomic mass is 10.0. The van der Waals surface area contributed by atoms with E-state index in [1.807, 2.05) is 21.1 Å². The van der Waals surface area contributed by atoms with Crippen LogP contribution in [0.1, 0.15) is 77.6 Å². The van der Waals surface area contributed by atoms with Crippen molar-refractivity contribution in [3.63, 3.8) is 0 Å². The molecule has 25 heavy (non-hydrogen) atoms. The first-order chi connectivity index (χ1) is 11.8. The predicted octanol–water partition coefficient (Wildman–Crippen LogP) is 3.41. The van der Waals surface area contributed by atoms with Crippen molar-refractivity contribution in [2.45, 2.75) is 89.7 Å².